The van der Waals surface area contributed by atoms with Crippen molar-refractivity contribution in [1.82, 2.24) is 9.97 Å². The molecule has 3 rings (SSSR count). The van der Waals surface area contributed by atoms with Gasteiger partial charge in [-0.1, -0.05) is 23.9 Å². The number of anilines is 1. The molecule has 30 heavy (non-hydrogen) atoms. The van der Waals surface area contributed by atoms with E-state index in [2.05, 4.69) is 15.3 Å². The highest BCUT2D eigenvalue weighted by Gasteiger charge is 2.24. The van der Waals surface area contributed by atoms with Crippen LogP contribution in [-0.2, 0) is 14.6 Å². The first-order valence-electron chi connectivity index (χ1n) is 8.77. The van der Waals surface area contributed by atoms with Gasteiger partial charge in [0.2, 0.25) is 15.7 Å². The Morgan fingerprint density at radius 3 is 2.50 bits per heavy atom. The van der Waals surface area contributed by atoms with E-state index in [1.807, 2.05) is 0 Å². The van der Waals surface area contributed by atoms with Crippen LogP contribution >= 0.6 is 11.8 Å². The maximum absolute atomic E-state index is 12.9. The Morgan fingerprint density at radius 2 is 1.83 bits per heavy atom. The fraction of sp³-hybridized carbons (Fsp3) is 0.150. The summed E-state index contributed by atoms with van der Waals surface area (Å²) in [7, 11) is -4.04. The van der Waals surface area contributed by atoms with Crippen LogP contribution in [0, 0.1) is 19.7 Å². The summed E-state index contributed by atoms with van der Waals surface area (Å²) in [5, 5.41) is 2.69. The molecule has 0 radical (unpaired) electrons. The van der Waals surface area contributed by atoms with Gasteiger partial charge in [-0.25, -0.2) is 17.8 Å². The first-order valence-corrected chi connectivity index (χ1v) is 11.2. The first-order chi connectivity index (χ1) is 14.2. The number of sulfone groups is 1. The van der Waals surface area contributed by atoms with Gasteiger partial charge in [0.15, 0.2) is 10.1 Å². The summed E-state index contributed by atoms with van der Waals surface area (Å²) in [6.45, 7) is 3.41. The Kier molecular flexibility index (Phi) is 6.37. The van der Waals surface area contributed by atoms with Crippen molar-refractivity contribution in [2.24, 2.45) is 0 Å². The highest BCUT2D eigenvalue weighted by Crippen LogP contribution is 2.23. The van der Waals surface area contributed by atoms with Crippen molar-refractivity contribution in [2.75, 3.05) is 11.1 Å². The minimum absolute atomic E-state index is 0.0499. The van der Waals surface area contributed by atoms with E-state index >= 15 is 0 Å². The summed E-state index contributed by atoms with van der Waals surface area (Å²) in [5.41, 5.74) is 0.893. The number of benzene rings is 2. The second-order valence-corrected chi connectivity index (χ2v) is 9.35. The molecule has 0 bridgehead atoms. The molecule has 2 N–H and O–H groups in total. The maximum Gasteiger partial charge on any atom is 0.270 e. The van der Waals surface area contributed by atoms with Crippen LogP contribution < -0.4 is 10.9 Å². The molecule has 0 unspecified atom stereocenters. The molecule has 0 saturated carbocycles. The van der Waals surface area contributed by atoms with Crippen molar-refractivity contribution in [2.45, 2.75) is 28.8 Å². The smallest absolute Gasteiger partial charge is 0.270 e. The SMILES string of the molecule is Cc1ccc(C)c(S(=O)(=O)c2cnc(SCC(=O)Nc3ccc(F)cc3)[nH]c2=O)c1. The number of hydrogen-bond donors (Lipinski definition) is 2. The van der Waals surface area contributed by atoms with Crippen LogP contribution in [0.4, 0.5) is 10.1 Å². The molecule has 1 heterocycles. The quantitative estimate of drug-likeness (QED) is 0.444. The zero-order valence-electron chi connectivity index (χ0n) is 16.1. The molecule has 0 aliphatic rings. The predicted octanol–water partition coefficient (Wildman–Crippen LogP) is 3.09. The summed E-state index contributed by atoms with van der Waals surface area (Å²) in [4.78, 5) is 30.4. The van der Waals surface area contributed by atoms with Crippen LogP contribution in [0.25, 0.3) is 0 Å². The molecule has 1 amide bonds. The third-order valence-electron chi connectivity index (χ3n) is 4.13. The lowest BCUT2D eigenvalue weighted by molar-refractivity contribution is -0.113. The van der Waals surface area contributed by atoms with Gasteiger partial charge in [0.1, 0.15) is 5.82 Å². The topological polar surface area (TPSA) is 109 Å². The van der Waals surface area contributed by atoms with Gasteiger partial charge < -0.3 is 10.3 Å². The molecule has 0 fully saturated rings. The van der Waals surface area contributed by atoms with E-state index in [4.69, 9.17) is 0 Å². The summed E-state index contributed by atoms with van der Waals surface area (Å²) in [6.07, 6.45) is 0.996. The van der Waals surface area contributed by atoms with Crippen molar-refractivity contribution in [3.8, 4) is 0 Å². The van der Waals surface area contributed by atoms with Crippen molar-refractivity contribution < 1.29 is 17.6 Å². The number of aryl methyl sites for hydroxylation is 2. The maximum atomic E-state index is 12.9. The molecule has 0 aliphatic carbocycles. The first kappa shape index (κ1) is 21.7. The number of hydrogen-bond acceptors (Lipinski definition) is 6. The van der Waals surface area contributed by atoms with E-state index in [0.717, 1.165) is 23.5 Å². The summed E-state index contributed by atoms with van der Waals surface area (Å²) < 4.78 is 38.6. The molecule has 0 saturated heterocycles. The number of rotatable bonds is 6. The minimum atomic E-state index is -4.04. The van der Waals surface area contributed by atoms with E-state index < -0.39 is 26.1 Å². The van der Waals surface area contributed by atoms with E-state index in [1.165, 1.54) is 30.3 Å². The number of amides is 1. The van der Waals surface area contributed by atoms with Crippen LogP contribution in [0.1, 0.15) is 11.1 Å². The zero-order valence-corrected chi connectivity index (χ0v) is 17.7. The van der Waals surface area contributed by atoms with Crippen LogP contribution in [0.3, 0.4) is 0 Å². The fourth-order valence-corrected chi connectivity index (χ4v) is 4.80. The summed E-state index contributed by atoms with van der Waals surface area (Å²) in [6, 6.07) is 10.2. The highest BCUT2D eigenvalue weighted by atomic mass is 32.2. The minimum Gasteiger partial charge on any atom is -0.325 e. The number of aromatic amines is 1. The standard InChI is InChI=1S/C20H18FN3O4S2/c1-12-3-4-13(2)16(9-12)30(27,28)17-10-22-20(24-19(17)26)29-11-18(25)23-15-7-5-14(21)6-8-15/h3-10H,11H2,1-2H3,(H,23,25)(H,22,24,26). The third-order valence-corrected chi connectivity index (χ3v) is 6.91. The molecule has 156 valence electrons. The molecular weight excluding hydrogens is 429 g/mol. The van der Waals surface area contributed by atoms with Crippen LogP contribution in [-0.4, -0.2) is 30.0 Å². The van der Waals surface area contributed by atoms with Crippen molar-refractivity contribution in [1.29, 1.82) is 0 Å². The van der Waals surface area contributed by atoms with Gasteiger partial charge >= 0.3 is 0 Å². The molecule has 10 heteroatoms. The number of thioether (sulfide) groups is 1. The third kappa shape index (κ3) is 4.95. The molecule has 1 aromatic heterocycles. The Morgan fingerprint density at radius 1 is 1.13 bits per heavy atom. The zero-order chi connectivity index (χ0) is 21.9. The van der Waals surface area contributed by atoms with Gasteiger partial charge in [-0.15, -0.1) is 0 Å². The lowest BCUT2D eigenvalue weighted by atomic mass is 10.2. The van der Waals surface area contributed by atoms with E-state index in [1.54, 1.807) is 26.0 Å². The van der Waals surface area contributed by atoms with Gasteiger partial charge in [0, 0.05) is 5.69 Å². The van der Waals surface area contributed by atoms with Crippen molar-refractivity contribution in [3.63, 3.8) is 0 Å². The number of aromatic nitrogens is 2. The van der Waals surface area contributed by atoms with Gasteiger partial charge in [-0.05, 0) is 55.3 Å². The predicted molar refractivity (Wildman–Crippen MR) is 112 cm³/mol. The van der Waals surface area contributed by atoms with Crippen LogP contribution in [0.15, 0.2) is 68.4 Å². The molecule has 2 aromatic carbocycles. The monoisotopic (exact) mass is 447 g/mol. The molecular formula is C20H18FN3O4S2. The number of nitrogens with zero attached hydrogens (tertiary/aromatic N) is 1. The van der Waals surface area contributed by atoms with Crippen molar-refractivity contribution in [3.05, 3.63) is 76.0 Å². The van der Waals surface area contributed by atoms with Gasteiger partial charge in [0.05, 0.1) is 16.8 Å². The molecule has 0 aliphatic heterocycles. The van der Waals surface area contributed by atoms with Gasteiger partial charge in [-0.3, -0.25) is 9.59 Å². The van der Waals surface area contributed by atoms with Crippen LogP contribution in [0.2, 0.25) is 0 Å². The van der Waals surface area contributed by atoms with Gasteiger partial charge in [0.25, 0.3) is 5.56 Å². The number of nitrogens with one attached hydrogen (secondary N) is 2. The lowest BCUT2D eigenvalue weighted by Gasteiger charge is -2.09. The highest BCUT2D eigenvalue weighted by molar-refractivity contribution is 7.99. The van der Waals surface area contributed by atoms with E-state index in [9.17, 15) is 22.4 Å². The number of carbonyl (C=O) groups excluding carboxylic acids is 1. The molecule has 7 nitrogen and oxygen atoms in total. The normalized spacial score (nSPS) is 11.3. The average molecular weight is 448 g/mol. The Balaban J connectivity index is 1.73. The second kappa shape index (κ2) is 8.80. The summed E-state index contributed by atoms with van der Waals surface area (Å²) >= 11 is 0.938. The summed E-state index contributed by atoms with van der Waals surface area (Å²) in [5.74, 6) is -0.884. The van der Waals surface area contributed by atoms with Crippen LogP contribution in [0.5, 0.6) is 0 Å². The van der Waals surface area contributed by atoms with Gasteiger partial charge in [-0.2, -0.15) is 0 Å². The van der Waals surface area contributed by atoms with Crippen molar-refractivity contribution >= 4 is 33.2 Å². The van der Waals surface area contributed by atoms with E-state index in [0.29, 0.717) is 11.3 Å². The second-order valence-electron chi connectivity index (χ2n) is 6.50. The number of H-pyrrole nitrogens is 1. The average Bonchev–Trinajstić information content (AvgIpc) is 2.70. The van der Waals surface area contributed by atoms with E-state index in [-0.39, 0.29) is 21.7 Å². The number of carbonyl (C=O) groups is 1. The number of halogens is 1. The fourth-order valence-electron chi connectivity index (χ4n) is 2.61. The lowest BCUT2D eigenvalue weighted by Crippen LogP contribution is -2.20. The molecule has 3 aromatic rings. The molecule has 0 spiro atoms. The largest absolute Gasteiger partial charge is 0.325 e. The Bertz CT molecular complexity index is 1260. The molecule has 0 atom stereocenters. The Labute approximate surface area is 176 Å². The Hall–Kier alpha value is -2.98.